The molecule has 1 rings (SSSR count). The Balaban J connectivity index is 3.02. The Morgan fingerprint density at radius 1 is 1.43 bits per heavy atom. The largest absolute Gasteiger partial charge is 0.444 e. The molecule has 23 heavy (non-hydrogen) atoms. The molecule has 2 atom stereocenters. The van der Waals surface area contributed by atoms with Gasteiger partial charge < -0.3 is 9.47 Å². The van der Waals surface area contributed by atoms with Crippen LogP contribution in [-0.2, 0) is 9.47 Å². The third-order valence-electron chi connectivity index (χ3n) is 3.34. The van der Waals surface area contributed by atoms with E-state index in [0.717, 1.165) is 0 Å². The van der Waals surface area contributed by atoms with Crippen molar-refractivity contribution in [2.45, 2.75) is 64.4 Å². The topological polar surface area (TPSA) is 136 Å². The van der Waals surface area contributed by atoms with Crippen LogP contribution in [0.3, 0.4) is 0 Å². The fraction of sp³-hybridized carbons (Fsp3) is 0.923. The molecular weight excluding hydrogens is 302 g/mol. The van der Waals surface area contributed by atoms with Gasteiger partial charge in [0, 0.05) is 16.4 Å². The molecule has 128 valence electrons. The van der Waals surface area contributed by atoms with E-state index in [1.54, 1.807) is 34.6 Å². The average molecular weight is 325 g/mol. The summed E-state index contributed by atoms with van der Waals surface area (Å²) in [6.07, 6.45) is -0.218. The number of hydrogen-bond acceptors (Lipinski definition) is 5. The number of hydrogen-bond donors (Lipinski definition) is 0. The Morgan fingerprint density at radius 2 is 2.09 bits per heavy atom. The molecule has 10 heteroatoms. The summed E-state index contributed by atoms with van der Waals surface area (Å²) < 4.78 is 11.1. The van der Waals surface area contributed by atoms with E-state index in [9.17, 15) is 4.79 Å². The second kappa shape index (κ2) is 7.41. The molecule has 0 aromatic carbocycles. The number of azide groups is 2. The summed E-state index contributed by atoms with van der Waals surface area (Å²) in [7, 11) is 0. The molecule has 0 N–H and O–H groups in total. The number of ether oxygens (including phenoxy) is 2. The van der Waals surface area contributed by atoms with Crippen molar-refractivity contribution in [3.63, 3.8) is 0 Å². The van der Waals surface area contributed by atoms with Crippen molar-refractivity contribution >= 4 is 6.09 Å². The van der Waals surface area contributed by atoms with Crippen LogP contribution in [0.25, 0.3) is 20.9 Å². The van der Waals surface area contributed by atoms with E-state index < -0.39 is 29.5 Å². The van der Waals surface area contributed by atoms with Crippen LogP contribution in [0.15, 0.2) is 10.2 Å². The Kier molecular flexibility index (Phi) is 6.09. The van der Waals surface area contributed by atoms with Crippen molar-refractivity contribution in [3.8, 4) is 0 Å². The van der Waals surface area contributed by atoms with Gasteiger partial charge in [-0.15, -0.1) is 0 Å². The lowest BCUT2D eigenvalue weighted by Crippen LogP contribution is -2.53. The van der Waals surface area contributed by atoms with Gasteiger partial charge in [-0.05, 0) is 52.1 Å². The maximum Gasteiger partial charge on any atom is 0.412 e. The van der Waals surface area contributed by atoms with Gasteiger partial charge in [0.15, 0.2) is 0 Å². The molecule has 0 unspecified atom stereocenters. The van der Waals surface area contributed by atoms with E-state index in [1.165, 1.54) is 4.90 Å². The predicted molar refractivity (Wildman–Crippen MR) is 83.5 cm³/mol. The fourth-order valence-electron chi connectivity index (χ4n) is 2.41. The van der Waals surface area contributed by atoms with Crippen LogP contribution in [0, 0.1) is 0 Å². The molecule has 1 fully saturated rings. The summed E-state index contributed by atoms with van der Waals surface area (Å²) in [4.78, 5) is 19.5. The van der Waals surface area contributed by atoms with Gasteiger partial charge in [0.25, 0.3) is 0 Å². The van der Waals surface area contributed by atoms with E-state index in [4.69, 9.17) is 20.5 Å². The minimum atomic E-state index is -0.880. The van der Waals surface area contributed by atoms with Crippen LogP contribution in [0.4, 0.5) is 4.79 Å². The van der Waals surface area contributed by atoms with Crippen LogP contribution in [0.2, 0.25) is 0 Å². The van der Waals surface area contributed by atoms with Crippen molar-refractivity contribution in [1.82, 2.24) is 4.90 Å². The van der Waals surface area contributed by atoms with Crippen LogP contribution in [-0.4, -0.2) is 47.6 Å². The van der Waals surface area contributed by atoms with Crippen LogP contribution < -0.4 is 0 Å². The fourth-order valence-corrected chi connectivity index (χ4v) is 2.41. The first-order valence-electron chi connectivity index (χ1n) is 7.33. The molecule has 1 aliphatic rings. The molecule has 0 saturated carbocycles. The smallest absolute Gasteiger partial charge is 0.412 e. The van der Waals surface area contributed by atoms with Gasteiger partial charge in [-0.3, -0.25) is 4.90 Å². The maximum absolute atomic E-state index is 12.5. The highest BCUT2D eigenvalue weighted by Gasteiger charge is 2.48. The van der Waals surface area contributed by atoms with E-state index in [1.807, 2.05) is 0 Å². The predicted octanol–water partition coefficient (Wildman–Crippen LogP) is 3.74. The summed E-state index contributed by atoms with van der Waals surface area (Å²) in [6.45, 7) is 9.20. The lowest BCUT2D eigenvalue weighted by Gasteiger charge is -2.36. The first-order chi connectivity index (χ1) is 10.6. The van der Waals surface area contributed by atoms with Crippen molar-refractivity contribution in [3.05, 3.63) is 20.9 Å². The second-order valence-corrected chi connectivity index (χ2v) is 6.69. The monoisotopic (exact) mass is 325 g/mol. The number of nitrogens with zero attached hydrogens (tertiary/aromatic N) is 7. The summed E-state index contributed by atoms with van der Waals surface area (Å²) >= 11 is 0. The number of carbonyl (C=O) groups is 1. The summed E-state index contributed by atoms with van der Waals surface area (Å²) in [5, 5.41) is 7.19. The van der Waals surface area contributed by atoms with Gasteiger partial charge in [-0.25, -0.2) is 4.79 Å². The SMILES string of the molecule is CC(C)(C)OC(=O)N1[C@@H]([C@H](CCN=[N+]=[N-])N=[N+]=[N-])COC1(C)C. The van der Waals surface area contributed by atoms with Gasteiger partial charge in [0.1, 0.15) is 11.3 Å². The molecule has 0 spiro atoms. The highest BCUT2D eigenvalue weighted by molar-refractivity contribution is 5.70. The zero-order valence-electron chi connectivity index (χ0n) is 14.1. The molecule has 0 aromatic heterocycles. The van der Waals surface area contributed by atoms with Crippen LogP contribution >= 0.6 is 0 Å². The van der Waals surface area contributed by atoms with Gasteiger partial charge in [-0.1, -0.05) is 10.2 Å². The number of amides is 1. The normalized spacial score (nSPS) is 21.1. The molecule has 0 aliphatic carbocycles. The van der Waals surface area contributed by atoms with Crippen molar-refractivity contribution < 1.29 is 14.3 Å². The third-order valence-corrected chi connectivity index (χ3v) is 3.34. The summed E-state index contributed by atoms with van der Waals surface area (Å²) in [6, 6.07) is -1.05. The van der Waals surface area contributed by atoms with E-state index in [-0.39, 0.29) is 13.2 Å². The lowest BCUT2D eigenvalue weighted by atomic mass is 10.0. The quantitative estimate of drug-likeness (QED) is 0.432. The van der Waals surface area contributed by atoms with Crippen molar-refractivity contribution in [2.75, 3.05) is 13.2 Å². The minimum absolute atomic E-state index is 0.166. The van der Waals surface area contributed by atoms with E-state index in [0.29, 0.717) is 6.42 Å². The average Bonchev–Trinajstić information content (AvgIpc) is 2.71. The van der Waals surface area contributed by atoms with E-state index in [2.05, 4.69) is 20.1 Å². The van der Waals surface area contributed by atoms with Crippen molar-refractivity contribution in [2.24, 2.45) is 10.2 Å². The standard InChI is InChI=1S/C13H23N7O3/c1-12(2,3)23-11(21)20-10(8-22-13(20,4)5)9(17-19-15)6-7-16-18-14/h9-10H,6-8H2,1-5H3/t9-,10+/m0/s1. The van der Waals surface area contributed by atoms with Gasteiger partial charge in [0.05, 0.1) is 18.7 Å². The second-order valence-electron chi connectivity index (χ2n) is 6.69. The first-order valence-corrected chi connectivity index (χ1v) is 7.33. The highest BCUT2D eigenvalue weighted by atomic mass is 16.6. The lowest BCUT2D eigenvalue weighted by molar-refractivity contribution is -0.0632. The number of carbonyl (C=O) groups excluding carboxylic acids is 1. The first kappa shape index (κ1) is 18.9. The molecule has 0 bridgehead atoms. The van der Waals surface area contributed by atoms with E-state index >= 15 is 0 Å². The molecule has 0 radical (unpaired) electrons. The zero-order valence-corrected chi connectivity index (χ0v) is 14.1. The van der Waals surface area contributed by atoms with Crippen LogP contribution in [0.5, 0.6) is 0 Å². The van der Waals surface area contributed by atoms with Gasteiger partial charge in [-0.2, -0.15) is 0 Å². The Bertz CT molecular complexity index is 530. The van der Waals surface area contributed by atoms with Crippen LogP contribution in [0.1, 0.15) is 41.0 Å². The van der Waals surface area contributed by atoms with Gasteiger partial charge >= 0.3 is 6.09 Å². The molecule has 1 saturated heterocycles. The number of rotatable bonds is 5. The molecule has 1 aliphatic heterocycles. The molecule has 10 nitrogen and oxygen atoms in total. The van der Waals surface area contributed by atoms with Crippen molar-refractivity contribution in [1.29, 1.82) is 0 Å². The third kappa shape index (κ3) is 5.21. The zero-order chi connectivity index (χ0) is 17.7. The minimum Gasteiger partial charge on any atom is -0.444 e. The van der Waals surface area contributed by atoms with Gasteiger partial charge in [0.2, 0.25) is 0 Å². The Morgan fingerprint density at radius 3 is 2.61 bits per heavy atom. The molecule has 0 aromatic rings. The Hall–Kier alpha value is -2.15. The Labute approximate surface area is 135 Å². The molecule has 1 amide bonds. The molecule has 1 heterocycles. The molecular formula is C13H23N7O3. The summed E-state index contributed by atoms with van der Waals surface area (Å²) in [5.74, 6) is 0. The summed E-state index contributed by atoms with van der Waals surface area (Å²) in [5.41, 5.74) is 15.6. The highest BCUT2D eigenvalue weighted by Crippen LogP contribution is 2.32. The maximum atomic E-state index is 12.5.